The van der Waals surface area contributed by atoms with Gasteiger partial charge in [-0.2, -0.15) is 13.2 Å². The van der Waals surface area contributed by atoms with Crippen LogP contribution in [0.3, 0.4) is 0 Å². The van der Waals surface area contributed by atoms with Crippen molar-refractivity contribution in [3.05, 3.63) is 59.2 Å². The standard InChI is InChI=1S/C16H13F3N2O4S.C2H6/c1-21-13-8-10(16(17,18)19)4-7-12(13)15(23,14(21)22)9-2-5-11(6-3-9)26(20,24)25;1-2/h2-8,23H,1H3,(H2,20,24,25);1-2H3. The van der Waals surface area contributed by atoms with Gasteiger partial charge in [0.25, 0.3) is 5.91 Å². The minimum atomic E-state index is -4.60. The number of carbonyl (C=O) groups excluding carboxylic acids is 1. The molecule has 10 heteroatoms. The zero-order valence-corrected chi connectivity index (χ0v) is 16.1. The van der Waals surface area contributed by atoms with Crippen molar-refractivity contribution in [1.82, 2.24) is 0 Å². The number of primary sulfonamides is 1. The number of amides is 1. The molecule has 0 aliphatic carbocycles. The van der Waals surface area contributed by atoms with Crippen molar-refractivity contribution < 1.29 is 31.5 Å². The van der Waals surface area contributed by atoms with E-state index >= 15 is 0 Å². The fourth-order valence-electron chi connectivity index (χ4n) is 2.92. The molecule has 0 bridgehead atoms. The van der Waals surface area contributed by atoms with Crippen LogP contribution in [0.1, 0.15) is 30.5 Å². The number of benzene rings is 2. The molecule has 1 atom stereocenters. The van der Waals surface area contributed by atoms with Gasteiger partial charge in [-0.1, -0.05) is 32.0 Å². The number of nitrogens with two attached hydrogens (primary N) is 1. The van der Waals surface area contributed by atoms with Crippen molar-refractivity contribution in [3.8, 4) is 0 Å². The third-order valence-corrected chi connectivity index (χ3v) is 5.22. The van der Waals surface area contributed by atoms with E-state index in [-0.39, 0.29) is 21.7 Å². The molecule has 0 spiro atoms. The molecule has 1 amide bonds. The van der Waals surface area contributed by atoms with E-state index in [1.807, 2.05) is 13.8 Å². The normalized spacial score (nSPS) is 19.1. The van der Waals surface area contributed by atoms with Crippen LogP contribution in [0.5, 0.6) is 0 Å². The van der Waals surface area contributed by atoms with E-state index in [1.165, 1.54) is 19.2 Å². The minimum Gasteiger partial charge on any atom is -0.372 e. The highest BCUT2D eigenvalue weighted by molar-refractivity contribution is 7.89. The van der Waals surface area contributed by atoms with Crippen molar-refractivity contribution in [2.24, 2.45) is 5.14 Å². The van der Waals surface area contributed by atoms with Crippen molar-refractivity contribution in [3.63, 3.8) is 0 Å². The molecule has 1 unspecified atom stereocenters. The van der Waals surface area contributed by atoms with Crippen LogP contribution in [-0.2, 0) is 26.6 Å². The summed E-state index contributed by atoms with van der Waals surface area (Å²) >= 11 is 0. The van der Waals surface area contributed by atoms with Crippen molar-refractivity contribution in [2.75, 3.05) is 11.9 Å². The average Bonchev–Trinajstić information content (AvgIpc) is 2.84. The van der Waals surface area contributed by atoms with Crippen LogP contribution in [0, 0.1) is 0 Å². The van der Waals surface area contributed by atoms with Gasteiger partial charge in [0.15, 0.2) is 5.60 Å². The average molecular weight is 416 g/mol. The summed E-state index contributed by atoms with van der Waals surface area (Å²) in [5.74, 6) is -0.852. The van der Waals surface area contributed by atoms with Gasteiger partial charge >= 0.3 is 6.18 Å². The fourth-order valence-corrected chi connectivity index (χ4v) is 3.44. The number of hydrogen-bond acceptors (Lipinski definition) is 4. The third kappa shape index (κ3) is 3.50. The second-order valence-corrected chi connectivity index (χ2v) is 7.44. The second-order valence-electron chi connectivity index (χ2n) is 5.87. The van der Waals surface area contributed by atoms with Crippen LogP contribution < -0.4 is 10.0 Å². The summed E-state index contributed by atoms with van der Waals surface area (Å²) in [6.07, 6.45) is -4.60. The highest BCUT2D eigenvalue weighted by atomic mass is 32.2. The van der Waals surface area contributed by atoms with Gasteiger partial charge in [0.05, 0.1) is 16.1 Å². The summed E-state index contributed by atoms with van der Waals surface area (Å²) in [5.41, 5.74) is -3.28. The molecule has 0 saturated carbocycles. The summed E-state index contributed by atoms with van der Waals surface area (Å²) in [5, 5.41) is 16.0. The Balaban J connectivity index is 0.00000136. The predicted molar refractivity (Wildman–Crippen MR) is 97.0 cm³/mol. The van der Waals surface area contributed by atoms with E-state index < -0.39 is 33.3 Å². The van der Waals surface area contributed by atoms with Crippen LogP contribution >= 0.6 is 0 Å². The van der Waals surface area contributed by atoms with Crippen LogP contribution in [0.4, 0.5) is 18.9 Å². The van der Waals surface area contributed by atoms with E-state index in [0.717, 1.165) is 35.2 Å². The molecule has 1 aliphatic heterocycles. The quantitative estimate of drug-likeness (QED) is 0.786. The lowest BCUT2D eigenvalue weighted by Crippen LogP contribution is -2.39. The number of carbonyl (C=O) groups is 1. The Bertz CT molecular complexity index is 1000. The Hall–Kier alpha value is -2.43. The van der Waals surface area contributed by atoms with E-state index in [2.05, 4.69) is 0 Å². The number of fused-ring (bicyclic) bond motifs is 1. The molecule has 1 heterocycles. The summed E-state index contributed by atoms with van der Waals surface area (Å²) < 4.78 is 61.4. The number of likely N-dealkylation sites (N-methyl/N-ethyl adjacent to an activating group) is 1. The van der Waals surface area contributed by atoms with Gasteiger partial charge in [0.2, 0.25) is 10.0 Å². The molecule has 0 saturated heterocycles. The lowest BCUT2D eigenvalue weighted by molar-refractivity contribution is -0.137. The zero-order valence-electron chi connectivity index (χ0n) is 15.3. The summed E-state index contributed by atoms with van der Waals surface area (Å²) in [6, 6.07) is 7.19. The number of rotatable bonds is 2. The van der Waals surface area contributed by atoms with Crippen LogP contribution in [0.2, 0.25) is 0 Å². The number of nitrogens with zero attached hydrogens (tertiary/aromatic N) is 1. The Labute approximate surface area is 160 Å². The highest BCUT2D eigenvalue weighted by Crippen LogP contribution is 2.45. The van der Waals surface area contributed by atoms with E-state index in [9.17, 15) is 31.5 Å². The van der Waals surface area contributed by atoms with E-state index in [1.54, 1.807) is 0 Å². The van der Waals surface area contributed by atoms with Crippen molar-refractivity contribution in [2.45, 2.75) is 30.5 Å². The van der Waals surface area contributed by atoms with Gasteiger partial charge < -0.3 is 10.0 Å². The molecule has 2 aromatic carbocycles. The van der Waals surface area contributed by atoms with E-state index in [0.29, 0.717) is 0 Å². The van der Waals surface area contributed by atoms with Gasteiger partial charge in [-0.05, 0) is 29.8 Å². The van der Waals surface area contributed by atoms with Crippen molar-refractivity contribution >= 4 is 21.6 Å². The minimum absolute atomic E-state index is 0.0141. The van der Waals surface area contributed by atoms with Gasteiger partial charge in [-0.3, -0.25) is 4.79 Å². The number of alkyl halides is 3. The van der Waals surface area contributed by atoms with Gasteiger partial charge in [-0.25, -0.2) is 13.6 Å². The number of aliphatic hydroxyl groups is 1. The second kappa shape index (κ2) is 7.19. The van der Waals surface area contributed by atoms with Gasteiger partial charge in [0, 0.05) is 12.6 Å². The monoisotopic (exact) mass is 416 g/mol. The summed E-state index contributed by atoms with van der Waals surface area (Å²) in [6.45, 7) is 4.00. The van der Waals surface area contributed by atoms with Crippen LogP contribution in [0.15, 0.2) is 47.4 Å². The van der Waals surface area contributed by atoms with Crippen molar-refractivity contribution in [1.29, 1.82) is 0 Å². The smallest absolute Gasteiger partial charge is 0.372 e. The fraction of sp³-hybridized carbons (Fsp3) is 0.278. The molecule has 6 nitrogen and oxygen atoms in total. The van der Waals surface area contributed by atoms with Gasteiger partial charge in [0.1, 0.15) is 0 Å². The molecule has 28 heavy (non-hydrogen) atoms. The first-order chi connectivity index (χ1) is 12.9. The molecule has 2 aromatic rings. The Morgan fingerprint density at radius 1 is 1.07 bits per heavy atom. The molecular weight excluding hydrogens is 397 g/mol. The maximum atomic E-state index is 12.9. The lowest BCUT2D eigenvalue weighted by Gasteiger charge is -2.22. The molecule has 0 radical (unpaired) electrons. The summed E-state index contributed by atoms with van der Waals surface area (Å²) in [7, 11) is -2.72. The first-order valence-corrected chi connectivity index (χ1v) is 9.77. The van der Waals surface area contributed by atoms with Crippen LogP contribution in [0.25, 0.3) is 0 Å². The van der Waals surface area contributed by atoms with Gasteiger partial charge in [-0.15, -0.1) is 0 Å². The Kier molecular flexibility index (Phi) is 5.61. The number of sulfonamides is 1. The molecule has 152 valence electrons. The molecule has 0 fully saturated rings. The van der Waals surface area contributed by atoms with E-state index in [4.69, 9.17) is 5.14 Å². The lowest BCUT2D eigenvalue weighted by atomic mass is 9.87. The molecule has 3 N–H and O–H groups in total. The number of hydrogen-bond donors (Lipinski definition) is 2. The highest BCUT2D eigenvalue weighted by Gasteiger charge is 2.50. The predicted octanol–water partition coefficient (Wildman–Crippen LogP) is 2.59. The maximum absolute atomic E-state index is 12.9. The van der Waals surface area contributed by atoms with Crippen LogP contribution in [-0.4, -0.2) is 26.5 Å². The molecular formula is C18H19F3N2O4S. The third-order valence-electron chi connectivity index (χ3n) is 4.29. The first-order valence-electron chi connectivity index (χ1n) is 8.22. The number of anilines is 1. The Morgan fingerprint density at radius 3 is 2.07 bits per heavy atom. The maximum Gasteiger partial charge on any atom is 0.416 e. The largest absolute Gasteiger partial charge is 0.416 e. The Morgan fingerprint density at radius 2 is 1.61 bits per heavy atom. The molecule has 3 rings (SSSR count). The molecule has 1 aliphatic rings. The zero-order chi connectivity index (χ0) is 21.5. The summed E-state index contributed by atoms with van der Waals surface area (Å²) in [4.78, 5) is 13.3. The first kappa shape index (κ1) is 21.9. The number of halogens is 3. The topological polar surface area (TPSA) is 101 Å². The molecule has 0 aromatic heterocycles. The SMILES string of the molecule is CC.CN1C(=O)C(O)(c2ccc(S(N)(=O)=O)cc2)c2ccc(C(F)(F)F)cc21.